The number of nitrogens with zero attached hydrogens (tertiary/aromatic N) is 4. The highest BCUT2D eigenvalue weighted by Gasteiger charge is 2.27. The van der Waals surface area contributed by atoms with E-state index in [2.05, 4.69) is 15.2 Å². The fourth-order valence-electron chi connectivity index (χ4n) is 2.78. The van der Waals surface area contributed by atoms with E-state index in [1.807, 2.05) is 30.3 Å². The van der Waals surface area contributed by atoms with Gasteiger partial charge in [0.2, 0.25) is 5.89 Å². The van der Waals surface area contributed by atoms with Gasteiger partial charge in [0.25, 0.3) is 5.56 Å². The Labute approximate surface area is 149 Å². The molecule has 0 bridgehead atoms. The van der Waals surface area contributed by atoms with Crippen LogP contribution < -0.4 is 5.56 Å². The second kappa shape index (κ2) is 6.80. The smallest absolute Gasteiger partial charge is 0.270 e. The maximum atomic E-state index is 12.4. The molecule has 1 saturated carbocycles. The zero-order valence-electron chi connectivity index (χ0n) is 13.6. The van der Waals surface area contributed by atoms with Crippen molar-refractivity contribution in [3.8, 4) is 0 Å². The van der Waals surface area contributed by atoms with Crippen LogP contribution in [0.25, 0.3) is 0 Å². The van der Waals surface area contributed by atoms with Gasteiger partial charge in [-0.05, 0) is 48.9 Å². The topological polar surface area (TPSA) is 73.8 Å². The number of hydrogen-bond acceptors (Lipinski definition) is 5. The zero-order valence-corrected chi connectivity index (χ0v) is 14.3. The SMILES string of the molecule is O=c1c(C2CC2)ccnn1Cc1nc(CCc2ccc(Cl)cc2)no1. The van der Waals surface area contributed by atoms with E-state index in [4.69, 9.17) is 16.1 Å². The van der Waals surface area contributed by atoms with Gasteiger partial charge in [-0.3, -0.25) is 4.79 Å². The molecule has 25 heavy (non-hydrogen) atoms. The molecule has 4 rings (SSSR count). The molecule has 0 atom stereocenters. The van der Waals surface area contributed by atoms with Crippen molar-refractivity contribution >= 4 is 11.6 Å². The van der Waals surface area contributed by atoms with Gasteiger partial charge in [0.15, 0.2) is 5.82 Å². The third-order valence-corrected chi connectivity index (χ3v) is 4.56. The van der Waals surface area contributed by atoms with Crippen LogP contribution in [0.5, 0.6) is 0 Å². The first kappa shape index (κ1) is 16.0. The molecule has 0 spiro atoms. The van der Waals surface area contributed by atoms with E-state index in [1.54, 1.807) is 6.20 Å². The minimum absolute atomic E-state index is 0.0640. The van der Waals surface area contributed by atoms with Gasteiger partial charge in [0.05, 0.1) is 0 Å². The summed E-state index contributed by atoms with van der Waals surface area (Å²) in [6.45, 7) is 0.202. The van der Waals surface area contributed by atoms with Gasteiger partial charge in [0.1, 0.15) is 6.54 Å². The molecule has 1 fully saturated rings. The molecule has 1 aliphatic rings. The summed E-state index contributed by atoms with van der Waals surface area (Å²) in [6.07, 6.45) is 5.28. The van der Waals surface area contributed by atoms with Gasteiger partial charge in [0, 0.05) is 23.2 Å². The van der Waals surface area contributed by atoms with Crippen LogP contribution in [0.2, 0.25) is 5.02 Å². The van der Waals surface area contributed by atoms with Crippen molar-refractivity contribution in [3.05, 3.63) is 74.7 Å². The Balaban J connectivity index is 1.42. The van der Waals surface area contributed by atoms with Crippen molar-refractivity contribution in [2.75, 3.05) is 0 Å². The van der Waals surface area contributed by atoms with Gasteiger partial charge in [-0.2, -0.15) is 10.1 Å². The van der Waals surface area contributed by atoms with E-state index in [0.29, 0.717) is 24.1 Å². The lowest BCUT2D eigenvalue weighted by Crippen LogP contribution is -2.26. The minimum Gasteiger partial charge on any atom is -0.337 e. The summed E-state index contributed by atoms with van der Waals surface area (Å²) in [6, 6.07) is 9.50. The maximum absolute atomic E-state index is 12.4. The Morgan fingerprint density at radius 1 is 1.16 bits per heavy atom. The van der Waals surface area contributed by atoms with E-state index in [0.717, 1.165) is 35.4 Å². The molecule has 7 heteroatoms. The summed E-state index contributed by atoms with van der Waals surface area (Å²) >= 11 is 5.88. The van der Waals surface area contributed by atoms with Crippen LogP contribution in [0, 0.1) is 0 Å². The number of hydrogen-bond donors (Lipinski definition) is 0. The van der Waals surface area contributed by atoms with E-state index in [1.165, 1.54) is 4.68 Å². The fourth-order valence-corrected chi connectivity index (χ4v) is 2.90. The molecule has 0 amide bonds. The van der Waals surface area contributed by atoms with Crippen molar-refractivity contribution in [1.29, 1.82) is 0 Å². The Bertz CT molecular complexity index is 929. The summed E-state index contributed by atoms with van der Waals surface area (Å²) < 4.78 is 6.66. The Morgan fingerprint density at radius 3 is 2.72 bits per heavy atom. The number of halogens is 1. The maximum Gasteiger partial charge on any atom is 0.270 e. The largest absolute Gasteiger partial charge is 0.337 e. The van der Waals surface area contributed by atoms with Crippen LogP contribution in [0.4, 0.5) is 0 Å². The summed E-state index contributed by atoms with van der Waals surface area (Å²) in [5.74, 6) is 1.41. The zero-order chi connectivity index (χ0) is 17.2. The Hall–Kier alpha value is -2.47. The molecule has 2 heterocycles. The standard InChI is InChI=1S/C18H17ClN4O2/c19-14-6-1-12(2-7-14)3-8-16-21-17(25-22-16)11-23-18(24)15(9-10-20-23)13-4-5-13/h1-2,6-7,9-10,13H,3-5,8,11H2. The van der Waals surface area contributed by atoms with E-state index < -0.39 is 0 Å². The van der Waals surface area contributed by atoms with Crippen LogP contribution in [-0.4, -0.2) is 19.9 Å². The number of aryl methyl sites for hydroxylation is 2. The van der Waals surface area contributed by atoms with Gasteiger partial charge in [-0.1, -0.05) is 28.9 Å². The first-order valence-corrected chi connectivity index (χ1v) is 8.69. The summed E-state index contributed by atoms with van der Waals surface area (Å²) in [5, 5.41) is 8.83. The molecule has 6 nitrogen and oxygen atoms in total. The van der Waals surface area contributed by atoms with Crippen molar-refractivity contribution in [2.45, 2.75) is 38.1 Å². The predicted molar refractivity (Wildman–Crippen MR) is 92.7 cm³/mol. The first-order valence-electron chi connectivity index (χ1n) is 8.31. The molecule has 0 radical (unpaired) electrons. The second-order valence-electron chi connectivity index (χ2n) is 6.25. The summed E-state index contributed by atoms with van der Waals surface area (Å²) in [4.78, 5) is 16.8. The van der Waals surface area contributed by atoms with Crippen molar-refractivity contribution in [2.24, 2.45) is 0 Å². The Kier molecular flexibility index (Phi) is 4.36. The molecule has 0 N–H and O–H groups in total. The molecule has 1 aromatic carbocycles. The van der Waals surface area contributed by atoms with Gasteiger partial charge in [-0.25, -0.2) is 4.68 Å². The lowest BCUT2D eigenvalue weighted by atomic mass is 10.1. The monoisotopic (exact) mass is 356 g/mol. The molecule has 0 aliphatic heterocycles. The third kappa shape index (κ3) is 3.79. The highest BCUT2D eigenvalue weighted by atomic mass is 35.5. The number of rotatable bonds is 6. The lowest BCUT2D eigenvalue weighted by molar-refractivity contribution is 0.358. The van der Waals surface area contributed by atoms with Crippen LogP contribution in [0.15, 0.2) is 45.8 Å². The van der Waals surface area contributed by atoms with Crippen molar-refractivity contribution in [3.63, 3.8) is 0 Å². The molecule has 2 aromatic heterocycles. The van der Waals surface area contributed by atoms with Crippen LogP contribution >= 0.6 is 11.6 Å². The van der Waals surface area contributed by atoms with Crippen LogP contribution in [0.1, 0.15) is 41.6 Å². The molecule has 0 unspecified atom stereocenters. The number of benzene rings is 1. The van der Waals surface area contributed by atoms with E-state index in [9.17, 15) is 4.79 Å². The average Bonchev–Trinajstić information content (AvgIpc) is 3.36. The normalized spacial score (nSPS) is 14.0. The molecule has 3 aromatic rings. The first-order chi connectivity index (χ1) is 12.2. The van der Waals surface area contributed by atoms with Crippen molar-refractivity contribution < 1.29 is 4.52 Å². The second-order valence-corrected chi connectivity index (χ2v) is 6.69. The van der Waals surface area contributed by atoms with Crippen molar-refractivity contribution in [1.82, 2.24) is 19.9 Å². The minimum atomic E-state index is -0.0640. The summed E-state index contributed by atoms with van der Waals surface area (Å²) in [7, 11) is 0. The lowest BCUT2D eigenvalue weighted by Gasteiger charge is -2.02. The highest BCUT2D eigenvalue weighted by molar-refractivity contribution is 6.30. The number of aromatic nitrogens is 4. The average molecular weight is 357 g/mol. The van der Waals surface area contributed by atoms with Gasteiger partial charge in [-0.15, -0.1) is 0 Å². The molecular formula is C18H17ClN4O2. The predicted octanol–water partition coefficient (Wildman–Crippen LogP) is 2.99. The fraction of sp³-hybridized carbons (Fsp3) is 0.333. The van der Waals surface area contributed by atoms with E-state index in [-0.39, 0.29) is 12.1 Å². The van der Waals surface area contributed by atoms with E-state index >= 15 is 0 Å². The molecular weight excluding hydrogens is 340 g/mol. The Morgan fingerprint density at radius 2 is 1.96 bits per heavy atom. The molecule has 0 saturated heterocycles. The summed E-state index contributed by atoms with van der Waals surface area (Å²) in [5.41, 5.74) is 1.93. The van der Waals surface area contributed by atoms with Crippen LogP contribution in [-0.2, 0) is 19.4 Å². The molecule has 1 aliphatic carbocycles. The van der Waals surface area contributed by atoms with Gasteiger partial charge < -0.3 is 4.52 Å². The quantitative estimate of drug-likeness (QED) is 0.678. The van der Waals surface area contributed by atoms with Crippen LogP contribution in [0.3, 0.4) is 0 Å². The molecule has 128 valence electrons. The third-order valence-electron chi connectivity index (χ3n) is 4.30. The van der Waals surface area contributed by atoms with Gasteiger partial charge >= 0.3 is 0 Å². The highest BCUT2D eigenvalue weighted by Crippen LogP contribution is 2.37.